The van der Waals surface area contributed by atoms with Gasteiger partial charge in [-0.2, -0.15) is 0 Å². The molecule has 1 heterocycles. The molecule has 0 saturated carbocycles. The topological polar surface area (TPSA) is 72.9 Å². The van der Waals surface area contributed by atoms with Crippen molar-refractivity contribution in [3.63, 3.8) is 0 Å². The van der Waals surface area contributed by atoms with Crippen LogP contribution in [0, 0.1) is 0 Å². The second kappa shape index (κ2) is 10.3. The molecule has 0 fully saturated rings. The summed E-state index contributed by atoms with van der Waals surface area (Å²) in [6, 6.07) is 19.4. The Morgan fingerprint density at radius 2 is 1.38 bits per heavy atom. The van der Waals surface area contributed by atoms with E-state index in [1.165, 1.54) is 23.1 Å². The lowest BCUT2D eigenvalue weighted by atomic mass is 10.1. The van der Waals surface area contributed by atoms with Gasteiger partial charge in [0.15, 0.2) is 0 Å². The van der Waals surface area contributed by atoms with Crippen molar-refractivity contribution in [2.45, 2.75) is 32.6 Å². The van der Waals surface area contributed by atoms with E-state index >= 15 is 0 Å². The van der Waals surface area contributed by atoms with Crippen molar-refractivity contribution in [1.82, 2.24) is 4.90 Å². The van der Waals surface area contributed by atoms with Crippen LogP contribution in [0.25, 0.3) is 11.1 Å². The van der Waals surface area contributed by atoms with Gasteiger partial charge in [-0.15, -0.1) is 0 Å². The van der Waals surface area contributed by atoms with Crippen molar-refractivity contribution in [3.8, 4) is 22.6 Å². The van der Waals surface area contributed by atoms with Gasteiger partial charge >= 0.3 is 5.97 Å². The Balaban J connectivity index is 1.43. The lowest BCUT2D eigenvalue weighted by Gasteiger charge is -2.13. The molecule has 0 saturated heterocycles. The van der Waals surface area contributed by atoms with Gasteiger partial charge in [0.25, 0.3) is 11.8 Å². The van der Waals surface area contributed by atoms with Crippen LogP contribution in [0.5, 0.6) is 11.5 Å². The molecule has 1 aliphatic rings. The van der Waals surface area contributed by atoms with Gasteiger partial charge < -0.3 is 9.47 Å². The third-order valence-corrected chi connectivity index (χ3v) is 5.93. The fraction of sp³-hybridized carbons (Fsp3) is 0.250. The minimum atomic E-state index is -0.582. The zero-order valence-corrected chi connectivity index (χ0v) is 19.4. The molecule has 0 aromatic heterocycles. The Kier molecular flexibility index (Phi) is 7.07. The summed E-state index contributed by atoms with van der Waals surface area (Å²) in [6.07, 6.45) is 3.90. The number of hydrogen-bond acceptors (Lipinski definition) is 5. The van der Waals surface area contributed by atoms with Crippen molar-refractivity contribution in [1.29, 1.82) is 0 Å². The van der Waals surface area contributed by atoms with E-state index < -0.39 is 5.97 Å². The molecule has 6 nitrogen and oxygen atoms in total. The molecule has 0 N–H and O–H groups in total. The lowest BCUT2D eigenvalue weighted by molar-refractivity contribution is 0.0650. The van der Waals surface area contributed by atoms with E-state index in [0.717, 1.165) is 42.6 Å². The number of rotatable bonds is 9. The first-order chi connectivity index (χ1) is 16.5. The van der Waals surface area contributed by atoms with E-state index in [1.54, 1.807) is 19.2 Å². The first kappa shape index (κ1) is 23.2. The highest BCUT2D eigenvalue weighted by molar-refractivity contribution is 6.22. The maximum Gasteiger partial charge on any atom is 0.343 e. The minimum Gasteiger partial charge on any atom is -0.497 e. The van der Waals surface area contributed by atoms with E-state index in [2.05, 4.69) is 6.92 Å². The number of esters is 1. The number of amides is 2. The van der Waals surface area contributed by atoms with Gasteiger partial charge in [0, 0.05) is 6.54 Å². The van der Waals surface area contributed by atoms with Crippen LogP contribution in [0.4, 0.5) is 0 Å². The number of benzene rings is 3. The molecule has 34 heavy (non-hydrogen) atoms. The van der Waals surface area contributed by atoms with Gasteiger partial charge in [-0.05, 0) is 60.0 Å². The molecule has 3 aromatic rings. The molecule has 1 aliphatic heterocycles. The summed E-state index contributed by atoms with van der Waals surface area (Å²) in [5, 5.41) is 0. The molecular formula is C28H27NO5. The quantitative estimate of drug-likeness (QED) is 0.177. The van der Waals surface area contributed by atoms with Crippen molar-refractivity contribution in [2.75, 3.05) is 13.7 Å². The summed E-state index contributed by atoms with van der Waals surface area (Å²) in [6.45, 7) is 2.50. The van der Waals surface area contributed by atoms with Gasteiger partial charge in [0.05, 0.1) is 23.8 Å². The van der Waals surface area contributed by atoms with Crippen LogP contribution in [-0.2, 0) is 0 Å². The second-order valence-corrected chi connectivity index (χ2v) is 8.23. The summed E-state index contributed by atoms with van der Waals surface area (Å²) < 4.78 is 10.7. The van der Waals surface area contributed by atoms with Gasteiger partial charge in [-0.25, -0.2) is 4.79 Å². The Labute approximate surface area is 199 Å². The highest BCUT2D eigenvalue weighted by Gasteiger charge is 2.35. The largest absolute Gasteiger partial charge is 0.497 e. The zero-order valence-electron chi connectivity index (χ0n) is 19.4. The lowest BCUT2D eigenvalue weighted by Crippen LogP contribution is -2.30. The van der Waals surface area contributed by atoms with Crippen LogP contribution < -0.4 is 9.47 Å². The maximum atomic E-state index is 12.8. The van der Waals surface area contributed by atoms with Gasteiger partial charge in [-0.1, -0.05) is 50.5 Å². The number of carbonyl (C=O) groups excluding carboxylic acids is 3. The van der Waals surface area contributed by atoms with Crippen LogP contribution in [0.1, 0.15) is 63.7 Å². The van der Waals surface area contributed by atoms with E-state index in [4.69, 9.17) is 9.47 Å². The van der Waals surface area contributed by atoms with Crippen LogP contribution in [-0.4, -0.2) is 36.3 Å². The molecule has 2 amide bonds. The van der Waals surface area contributed by atoms with Crippen LogP contribution in [0.2, 0.25) is 0 Å². The Bertz CT molecular complexity index is 1200. The average molecular weight is 458 g/mol. The highest BCUT2D eigenvalue weighted by Crippen LogP contribution is 2.27. The number of imide groups is 1. The summed E-state index contributed by atoms with van der Waals surface area (Å²) in [7, 11) is 1.62. The molecule has 0 aliphatic carbocycles. The molecule has 0 radical (unpaired) electrons. The number of ether oxygens (including phenoxy) is 2. The smallest absolute Gasteiger partial charge is 0.343 e. The third-order valence-electron chi connectivity index (χ3n) is 5.93. The number of unbranched alkanes of at least 4 members (excludes halogenated alkanes) is 3. The van der Waals surface area contributed by atoms with Crippen LogP contribution in [0.3, 0.4) is 0 Å². The van der Waals surface area contributed by atoms with Crippen molar-refractivity contribution in [3.05, 3.63) is 83.4 Å². The van der Waals surface area contributed by atoms with Crippen molar-refractivity contribution in [2.24, 2.45) is 0 Å². The summed E-state index contributed by atoms with van der Waals surface area (Å²) in [4.78, 5) is 39.3. The average Bonchev–Trinajstić information content (AvgIpc) is 3.11. The summed E-state index contributed by atoms with van der Waals surface area (Å²) in [5.41, 5.74) is 2.81. The molecule has 6 heteroatoms. The van der Waals surface area contributed by atoms with E-state index in [-0.39, 0.29) is 22.9 Å². The van der Waals surface area contributed by atoms with Crippen LogP contribution in [0.15, 0.2) is 66.7 Å². The summed E-state index contributed by atoms with van der Waals surface area (Å²) >= 11 is 0. The highest BCUT2D eigenvalue weighted by atomic mass is 16.5. The zero-order chi connectivity index (χ0) is 24.1. The van der Waals surface area contributed by atoms with Gasteiger partial charge in [0.2, 0.25) is 0 Å². The molecular weight excluding hydrogens is 430 g/mol. The molecule has 4 rings (SSSR count). The monoisotopic (exact) mass is 457 g/mol. The van der Waals surface area contributed by atoms with E-state index in [9.17, 15) is 14.4 Å². The molecule has 0 spiro atoms. The first-order valence-corrected chi connectivity index (χ1v) is 11.5. The Morgan fingerprint density at radius 1 is 0.765 bits per heavy atom. The van der Waals surface area contributed by atoms with Crippen LogP contribution >= 0.6 is 0 Å². The SMILES string of the molecule is CCCCCCN1C(=O)c2ccc(C(=O)Oc3ccc(-c4ccc(OC)cc4)cc3)cc2C1=O. The molecule has 0 bridgehead atoms. The number of fused-ring (bicyclic) bond motifs is 1. The molecule has 174 valence electrons. The van der Waals surface area contributed by atoms with E-state index in [0.29, 0.717) is 17.9 Å². The predicted octanol–water partition coefficient (Wildman–Crippen LogP) is 5.76. The maximum absolute atomic E-state index is 12.8. The number of carbonyl (C=O) groups is 3. The minimum absolute atomic E-state index is 0.229. The molecule has 3 aromatic carbocycles. The second-order valence-electron chi connectivity index (χ2n) is 8.23. The normalized spacial score (nSPS) is 12.6. The predicted molar refractivity (Wildman–Crippen MR) is 129 cm³/mol. The molecule has 0 unspecified atom stereocenters. The Morgan fingerprint density at radius 3 is 2.00 bits per heavy atom. The number of methoxy groups -OCH3 is 1. The molecule has 0 atom stereocenters. The van der Waals surface area contributed by atoms with Gasteiger partial charge in [-0.3, -0.25) is 14.5 Å². The summed E-state index contributed by atoms with van der Waals surface area (Å²) in [5.74, 6) is -0.0617. The fourth-order valence-electron chi connectivity index (χ4n) is 3.98. The Hall–Kier alpha value is -3.93. The van der Waals surface area contributed by atoms with Crippen molar-refractivity contribution >= 4 is 17.8 Å². The third kappa shape index (κ3) is 4.86. The number of hydrogen-bond donors (Lipinski definition) is 0. The van der Waals surface area contributed by atoms with Crippen molar-refractivity contribution < 1.29 is 23.9 Å². The fourth-order valence-corrected chi connectivity index (χ4v) is 3.98. The number of nitrogens with zero attached hydrogens (tertiary/aromatic N) is 1. The standard InChI is InChI=1S/C28H27NO5/c1-3-4-5-6-17-29-26(30)24-16-11-21(18-25(24)27(29)31)28(32)34-23-14-9-20(10-15-23)19-7-12-22(33-2)13-8-19/h7-16,18H,3-6,17H2,1-2H3. The van der Waals surface area contributed by atoms with Gasteiger partial charge in [0.1, 0.15) is 11.5 Å². The first-order valence-electron chi connectivity index (χ1n) is 11.5. The van der Waals surface area contributed by atoms with E-state index in [1.807, 2.05) is 36.4 Å².